The first-order chi connectivity index (χ1) is 11.9. The second-order valence-electron chi connectivity index (χ2n) is 5.17. The zero-order chi connectivity index (χ0) is 18.1. The Bertz CT molecular complexity index is 1020. The zero-order valence-corrected chi connectivity index (χ0v) is 13.8. The molecule has 9 nitrogen and oxygen atoms in total. The Labute approximate surface area is 144 Å². The molecule has 3 aromatic rings. The van der Waals surface area contributed by atoms with Crippen LogP contribution in [0, 0.1) is 17.0 Å². The molecule has 0 saturated heterocycles. The van der Waals surface area contributed by atoms with Gasteiger partial charge in [-0.15, -0.1) is 11.3 Å². The molecule has 0 aliphatic heterocycles. The average Bonchev–Trinajstić information content (AvgIpc) is 3.19. The van der Waals surface area contributed by atoms with Gasteiger partial charge in [0, 0.05) is 6.07 Å². The largest absolute Gasteiger partial charge is 0.440 e. The summed E-state index contributed by atoms with van der Waals surface area (Å²) in [7, 11) is 0. The first-order valence-electron chi connectivity index (χ1n) is 7.05. The van der Waals surface area contributed by atoms with Crippen LogP contribution in [0.1, 0.15) is 21.8 Å². The van der Waals surface area contributed by atoms with E-state index in [0.717, 1.165) is 21.7 Å². The van der Waals surface area contributed by atoms with Crippen LogP contribution < -0.4 is 11.3 Å². The van der Waals surface area contributed by atoms with E-state index < -0.39 is 27.6 Å². The van der Waals surface area contributed by atoms with Crippen molar-refractivity contribution in [3.8, 4) is 10.8 Å². The fourth-order valence-electron chi connectivity index (χ4n) is 2.26. The quantitative estimate of drug-likeness (QED) is 0.545. The van der Waals surface area contributed by atoms with Crippen molar-refractivity contribution in [1.29, 1.82) is 0 Å². The van der Waals surface area contributed by atoms with Crippen LogP contribution in [0.15, 0.2) is 39.0 Å². The van der Waals surface area contributed by atoms with Gasteiger partial charge < -0.3 is 14.7 Å². The van der Waals surface area contributed by atoms with Gasteiger partial charge >= 0.3 is 0 Å². The van der Waals surface area contributed by atoms with Gasteiger partial charge in [0.05, 0.1) is 22.5 Å². The van der Waals surface area contributed by atoms with Crippen molar-refractivity contribution in [2.24, 2.45) is 5.73 Å². The topological polar surface area (TPSA) is 134 Å². The van der Waals surface area contributed by atoms with E-state index in [1.54, 1.807) is 6.92 Å². The third-order valence-corrected chi connectivity index (χ3v) is 4.35. The summed E-state index contributed by atoms with van der Waals surface area (Å²) in [6.45, 7) is 1.60. The van der Waals surface area contributed by atoms with Crippen molar-refractivity contribution in [2.75, 3.05) is 0 Å². The number of nitrogens with zero attached hydrogens (tertiary/aromatic N) is 3. The van der Waals surface area contributed by atoms with Gasteiger partial charge in [-0.25, -0.2) is 4.98 Å². The van der Waals surface area contributed by atoms with Crippen molar-refractivity contribution in [3.05, 3.63) is 67.3 Å². The maximum Gasteiger partial charge on any atom is 0.286 e. The first-order valence-corrected chi connectivity index (χ1v) is 7.93. The van der Waals surface area contributed by atoms with E-state index in [4.69, 9.17) is 10.2 Å². The summed E-state index contributed by atoms with van der Waals surface area (Å²) in [6.07, 6.45) is 1.05. The third-order valence-electron chi connectivity index (χ3n) is 3.49. The summed E-state index contributed by atoms with van der Waals surface area (Å²) in [5.41, 5.74) is 3.99. The lowest BCUT2D eigenvalue weighted by Gasteiger charge is -2.05. The van der Waals surface area contributed by atoms with Crippen LogP contribution >= 0.6 is 11.3 Å². The number of carbonyl (C=O) groups excluding carboxylic acids is 1. The normalized spacial score (nSPS) is 10.8. The molecule has 3 aromatic heterocycles. The molecule has 0 bridgehead atoms. The predicted octanol–water partition coefficient (Wildman–Crippen LogP) is 1.93. The molecule has 0 spiro atoms. The van der Waals surface area contributed by atoms with Crippen LogP contribution in [0.25, 0.3) is 10.8 Å². The molecule has 0 atom stereocenters. The second-order valence-corrected chi connectivity index (χ2v) is 6.11. The molecule has 128 valence electrons. The van der Waals surface area contributed by atoms with Crippen molar-refractivity contribution < 1.29 is 14.1 Å². The van der Waals surface area contributed by atoms with E-state index in [1.807, 2.05) is 17.5 Å². The Hall–Kier alpha value is -3.27. The highest BCUT2D eigenvalue weighted by atomic mass is 32.1. The average molecular weight is 360 g/mol. The van der Waals surface area contributed by atoms with E-state index in [9.17, 15) is 19.7 Å². The highest BCUT2D eigenvalue weighted by molar-refractivity contribution is 7.13. The van der Waals surface area contributed by atoms with Gasteiger partial charge in [0.1, 0.15) is 17.0 Å². The fourth-order valence-corrected chi connectivity index (χ4v) is 2.90. The summed E-state index contributed by atoms with van der Waals surface area (Å²) in [6, 6.07) is 4.56. The molecular formula is C15H12N4O5S. The molecule has 3 rings (SSSR count). The fraction of sp³-hybridized carbons (Fsp3) is 0.133. The SMILES string of the molecule is Cc1oc(-c2cccs2)nc1Cn1cc([N+](=O)[O-])cc(C(N)=O)c1=O. The number of nitro groups is 1. The van der Waals surface area contributed by atoms with Crippen LogP contribution in [-0.2, 0) is 6.54 Å². The van der Waals surface area contributed by atoms with E-state index in [2.05, 4.69) is 4.98 Å². The number of pyridine rings is 1. The number of amides is 1. The Morgan fingerprint density at radius 2 is 2.28 bits per heavy atom. The van der Waals surface area contributed by atoms with Gasteiger partial charge in [0.15, 0.2) is 0 Å². The molecule has 0 fully saturated rings. The molecule has 0 aliphatic rings. The molecule has 1 amide bonds. The number of oxazole rings is 1. The van der Waals surface area contributed by atoms with Gasteiger partial charge in [0.25, 0.3) is 17.2 Å². The summed E-state index contributed by atoms with van der Waals surface area (Å²) < 4.78 is 6.61. The van der Waals surface area contributed by atoms with Crippen LogP contribution in [0.3, 0.4) is 0 Å². The Kier molecular flexibility index (Phi) is 4.19. The van der Waals surface area contributed by atoms with Gasteiger partial charge in [0.2, 0.25) is 5.89 Å². The van der Waals surface area contributed by atoms with E-state index in [1.165, 1.54) is 11.3 Å². The summed E-state index contributed by atoms with van der Waals surface area (Å²) in [5, 5.41) is 12.9. The Morgan fingerprint density at radius 3 is 2.88 bits per heavy atom. The van der Waals surface area contributed by atoms with Gasteiger partial charge in [-0.2, -0.15) is 0 Å². The second kappa shape index (κ2) is 6.32. The van der Waals surface area contributed by atoms with Crippen molar-refractivity contribution in [1.82, 2.24) is 9.55 Å². The molecular weight excluding hydrogens is 348 g/mol. The minimum atomic E-state index is -1.03. The molecule has 3 heterocycles. The molecule has 0 saturated carbocycles. The molecule has 10 heteroatoms. The number of aromatic nitrogens is 2. The zero-order valence-electron chi connectivity index (χ0n) is 13.0. The van der Waals surface area contributed by atoms with Crippen molar-refractivity contribution >= 4 is 22.9 Å². The Balaban J connectivity index is 2.05. The van der Waals surface area contributed by atoms with Gasteiger partial charge in [-0.1, -0.05) is 6.07 Å². The lowest BCUT2D eigenvalue weighted by molar-refractivity contribution is -0.385. The van der Waals surface area contributed by atoms with Crippen LogP contribution in [-0.4, -0.2) is 20.4 Å². The highest BCUT2D eigenvalue weighted by Gasteiger charge is 2.19. The standard InChI is InChI=1S/C15H12N4O5S/c1-8-11(17-14(24-8)12-3-2-4-25-12)7-18-6-9(19(22)23)5-10(13(16)20)15(18)21/h2-6H,7H2,1H3,(H2,16,20). The monoisotopic (exact) mass is 360 g/mol. The molecule has 25 heavy (non-hydrogen) atoms. The Morgan fingerprint density at radius 1 is 1.52 bits per heavy atom. The number of thiophene rings is 1. The number of nitrogens with two attached hydrogens (primary N) is 1. The summed E-state index contributed by atoms with van der Waals surface area (Å²) >= 11 is 1.44. The summed E-state index contributed by atoms with van der Waals surface area (Å²) in [5.74, 6) is -0.155. The molecule has 0 unspecified atom stereocenters. The van der Waals surface area contributed by atoms with E-state index >= 15 is 0 Å². The van der Waals surface area contributed by atoms with Crippen LogP contribution in [0.4, 0.5) is 5.69 Å². The minimum Gasteiger partial charge on any atom is -0.440 e. The van der Waals surface area contributed by atoms with Crippen molar-refractivity contribution in [3.63, 3.8) is 0 Å². The number of aryl methyl sites for hydroxylation is 1. The third kappa shape index (κ3) is 3.19. The maximum absolute atomic E-state index is 12.3. The van der Waals surface area contributed by atoms with Crippen LogP contribution in [0.5, 0.6) is 0 Å². The van der Waals surface area contributed by atoms with E-state index in [0.29, 0.717) is 17.3 Å². The first kappa shape index (κ1) is 16.6. The number of rotatable bonds is 5. The lowest BCUT2D eigenvalue weighted by Crippen LogP contribution is -2.30. The van der Waals surface area contributed by atoms with Crippen LogP contribution in [0.2, 0.25) is 0 Å². The molecule has 2 N–H and O–H groups in total. The lowest BCUT2D eigenvalue weighted by atomic mass is 10.2. The van der Waals surface area contributed by atoms with Gasteiger partial charge in [-0.05, 0) is 18.4 Å². The van der Waals surface area contributed by atoms with Crippen molar-refractivity contribution in [2.45, 2.75) is 13.5 Å². The molecule has 0 aromatic carbocycles. The number of hydrogen-bond donors (Lipinski definition) is 1. The number of hydrogen-bond acceptors (Lipinski definition) is 7. The summed E-state index contributed by atoms with van der Waals surface area (Å²) in [4.78, 5) is 39.2. The maximum atomic E-state index is 12.3. The smallest absolute Gasteiger partial charge is 0.286 e. The minimum absolute atomic E-state index is 0.0818. The molecule has 0 radical (unpaired) electrons. The number of primary amides is 1. The van der Waals surface area contributed by atoms with E-state index in [-0.39, 0.29) is 6.54 Å². The highest BCUT2D eigenvalue weighted by Crippen LogP contribution is 2.26. The predicted molar refractivity (Wildman–Crippen MR) is 89.5 cm³/mol. The van der Waals surface area contributed by atoms with Gasteiger partial charge in [-0.3, -0.25) is 19.7 Å². The molecule has 0 aliphatic carbocycles. The number of carbonyl (C=O) groups is 1.